The molecular weight excluding hydrogens is 393 g/mol. The lowest BCUT2D eigenvalue weighted by molar-refractivity contribution is -0.137. The highest BCUT2D eigenvalue weighted by atomic mass is 19.4. The van der Waals surface area contributed by atoms with Gasteiger partial charge in [0.15, 0.2) is 0 Å². The maximum absolute atomic E-state index is 12.1. The monoisotopic (exact) mass is 422 g/mol. The molecule has 1 heterocycles. The van der Waals surface area contributed by atoms with Crippen molar-refractivity contribution in [1.82, 2.24) is 4.90 Å². The molecule has 0 radical (unpaired) electrons. The zero-order valence-corrected chi connectivity index (χ0v) is 17.3. The highest BCUT2D eigenvalue weighted by Gasteiger charge is 2.29. The molecule has 1 aliphatic heterocycles. The van der Waals surface area contributed by atoms with Crippen LogP contribution in [-0.4, -0.2) is 37.6 Å². The van der Waals surface area contributed by atoms with Crippen molar-refractivity contribution in [2.24, 2.45) is 5.73 Å². The lowest BCUT2D eigenvalue weighted by Gasteiger charge is -2.13. The third kappa shape index (κ3) is 8.45. The molecule has 0 bridgehead atoms. The summed E-state index contributed by atoms with van der Waals surface area (Å²) in [4.78, 5) is 13.0. The molecule has 7 heteroatoms. The summed E-state index contributed by atoms with van der Waals surface area (Å²) in [6, 6.07) is 12.8. The largest absolute Gasteiger partial charge is 0.497 e. The quantitative estimate of drug-likeness (QED) is 0.717. The van der Waals surface area contributed by atoms with Crippen molar-refractivity contribution >= 4 is 5.91 Å². The van der Waals surface area contributed by atoms with Crippen molar-refractivity contribution < 1.29 is 22.7 Å². The highest BCUT2D eigenvalue weighted by Crippen LogP contribution is 2.29. The second-order valence-electron chi connectivity index (χ2n) is 7.34. The number of benzene rings is 2. The number of nitrogens with two attached hydrogens (primary N) is 1. The van der Waals surface area contributed by atoms with Gasteiger partial charge >= 0.3 is 6.18 Å². The zero-order valence-electron chi connectivity index (χ0n) is 17.3. The van der Waals surface area contributed by atoms with Crippen LogP contribution >= 0.6 is 0 Å². The summed E-state index contributed by atoms with van der Waals surface area (Å²) in [5.41, 5.74) is 6.05. The van der Waals surface area contributed by atoms with Gasteiger partial charge in [-0.2, -0.15) is 13.2 Å². The number of carbonyl (C=O) groups excluding carboxylic acids is 1. The first-order valence-corrected chi connectivity index (χ1v) is 10.1. The van der Waals surface area contributed by atoms with Crippen molar-refractivity contribution in [1.29, 1.82) is 0 Å². The van der Waals surface area contributed by atoms with E-state index in [-0.39, 0.29) is 6.42 Å². The van der Waals surface area contributed by atoms with E-state index in [4.69, 9.17) is 10.5 Å². The van der Waals surface area contributed by atoms with E-state index < -0.39 is 17.6 Å². The molecule has 2 aromatic rings. The molecule has 0 saturated carbocycles. The Morgan fingerprint density at radius 3 is 2.07 bits per heavy atom. The third-order valence-electron chi connectivity index (χ3n) is 4.96. The highest BCUT2D eigenvalue weighted by molar-refractivity contribution is 5.76. The van der Waals surface area contributed by atoms with Gasteiger partial charge in [-0.25, -0.2) is 0 Å². The maximum atomic E-state index is 12.1. The van der Waals surface area contributed by atoms with Crippen LogP contribution in [0.4, 0.5) is 13.2 Å². The van der Waals surface area contributed by atoms with E-state index in [2.05, 4.69) is 17.0 Å². The minimum Gasteiger partial charge on any atom is -0.497 e. The Hall–Kier alpha value is -2.54. The predicted molar refractivity (Wildman–Crippen MR) is 111 cm³/mol. The number of rotatable bonds is 7. The molecule has 3 rings (SSSR count). The second-order valence-corrected chi connectivity index (χ2v) is 7.34. The van der Waals surface area contributed by atoms with Crippen molar-refractivity contribution in [3.8, 4) is 5.75 Å². The third-order valence-corrected chi connectivity index (χ3v) is 4.96. The summed E-state index contributed by atoms with van der Waals surface area (Å²) >= 11 is 0. The average molecular weight is 422 g/mol. The molecule has 2 aromatic carbocycles. The van der Waals surface area contributed by atoms with Crippen LogP contribution in [0, 0.1) is 0 Å². The first-order chi connectivity index (χ1) is 14.3. The van der Waals surface area contributed by atoms with Gasteiger partial charge in [0, 0.05) is 0 Å². The average Bonchev–Trinajstić information content (AvgIpc) is 3.22. The minimum absolute atomic E-state index is 0.0435. The van der Waals surface area contributed by atoms with Gasteiger partial charge < -0.3 is 15.4 Å². The van der Waals surface area contributed by atoms with Crippen LogP contribution in [0.5, 0.6) is 5.75 Å². The fraction of sp³-hybridized carbons (Fsp3) is 0.435. The summed E-state index contributed by atoms with van der Waals surface area (Å²) in [7, 11) is 1.71. The summed E-state index contributed by atoms with van der Waals surface area (Å²) in [5.74, 6) is 0.382. The molecule has 30 heavy (non-hydrogen) atoms. The number of primary amides is 1. The number of hydrogen-bond acceptors (Lipinski definition) is 3. The van der Waals surface area contributed by atoms with Gasteiger partial charge in [-0.15, -0.1) is 0 Å². The summed E-state index contributed by atoms with van der Waals surface area (Å²) in [6.07, 6.45) is 0.848. The lowest BCUT2D eigenvalue weighted by atomic mass is 10.1. The first-order valence-electron chi connectivity index (χ1n) is 10.1. The molecule has 164 valence electrons. The van der Waals surface area contributed by atoms with Crippen molar-refractivity contribution in [2.75, 3.05) is 26.7 Å². The second kappa shape index (κ2) is 11.6. The standard InChI is InChI=1S/C14H21NO.C9H8F3NO/c1-16-14-8-6-13(7-9-14)5-4-12-15-10-2-3-11-15;10-9(11,12)7-3-1-6(2-4-7)5-8(13)14/h6-9H,2-5,10-12H2,1H3;1-4H,5H2,(H2,13,14). The fourth-order valence-electron chi connectivity index (χ4n) is 3.32. The Labute approximate surface area is 175 Å². The normalized spacial score (nSPS) is 14.1. The molecular formula is C23H29F3N2O2. The Kier molecular flexibility index (Phi) is 9.17. The van der Waals surface area contributed by atoms with Crippen molar-refractivity contribution in [3.63, 3.8) is 0 Å². The predicted octanol–water partition coefficient (Wildman–Crippen LogP) is 4.46. The van der Waals surface area contributed by atoms with Crippen molar-refractivity contribution in [3.05, 3.63) is 65.2 Å². The first kappa shape index (κ1) is 23.7. The number of amides is 1. The zero-order chi connectivity index (χ0) is 22.0. The number of aryl methyl sites for hydroxylation is 1. The van der Waals surface area contributed by atoms with E-state index in [1.54, 1.807) is 7.11 Å². The van der Waals surface area contributed by atoms with Gasteiger partial charge in [-0.1, -0.05) is 24.3 Å². The van der Waals surface area contributed by atoms with Crippen LogP contribution in [0.2, 0.25) is 0 Å². The van der Waals surface area contributed by atoms with E-state index in [0.717, 1.165) is 17.9 Å². The summed E-state index contributed by atoms with van der Waals surface area (Å²) in [5, 5.41) is 0. The van der Waals surface area contributed by atoms with E-state index >= 15 is 0 Å². The Morgan fingerprint density at radius 1 is 1.00 bits per heavy atom. The molecule has 0 unspecified atom stereocenters. The van der Waals surface area contributed by atoms with Gasteiger partial charge in [0.25, 0.3) is 0 Å². The summed E-state index contributed by atoms with van der Waals surface area (Å²) < 4.78 is 41.4. The molecule has 0 aliphatic carbocycles. The molecule has 1 saturated heterocycles. The number of likely N-dealkylation sites (tertiary alicyclic amines) is 1. The lowest BCUT2D eigenvalue weighted by Crippen LogP contribution is -2.20. The van der Waals surface area contributed by atoms with E-state index in [9.17, 15) is 18.0 Å². The van der Waals surface area contributed by atoms with Crippen LogP contribution in [-0.2, 0) is 23.8 Å². The molecule has 4 nitrogen and oxygen atoms in total. The molecule has 2 N–H and O–H groups in total. The number of hydrogen-bond donors (Lipinski definition) is 1. The van der Waals surface area contributed by atoms with Crippen LogP contribution in [0.1, 0.15) is 36.0 Å². The number of alkyl halides is 3. The Morgan fingerprint density at radius 2 is 1.57 bits per heavy atom. The Bertz CT molecular complexity index is 769. The van der Waals surface area contributed by atoms with Crippen molar-refractivity contribution in [2.45, 2.75) is 38.3 Å². The number of ether oxygens (including phenoxy) is 1. The van der Waals surface area contributed by atoms with Crippen LogP contribution < -0.4 is 10.5 Å². The van der Waals surface area contributed by atoms with Crippen LogP contribution in [0.25, 0.3) is 0 Å². The SMILES string of the molecule is COc1ccc(CCCN2CCCC2)cc1.NC(=O)Cc1ccc(C(F)(F)F)cc1. The topological polar surface area (TPSA) is 55.6 Å². The molecule has 1 aliphatic rings. The number of halogens is 3. The molecule has 1 fully saturated rings. The molecule has 0 atom stereocenters. The number of carbonyl (C=O) groups is 1. The number of nitrogens with zero attached hydrogens (tertiary/aromatic N) is 1. The van der Waals surface area contributed by atoms with E-state index in [1.807, 2.05) is 12.1 Å². The molecule has 0 spiro atoms. The smallest absolute Gasteiger partial charge is 0.416 e. The van der Waals surface area contributed by atoms with Gasteiger partial charge in [-0.05, 0) is 80.7 Å². The minimum atomic E-state index is -4.34. The van der Waals surface area contributed by atoms with Crippen LogP contribution in [0.3, 0.4) is 0 Å². The van der Waals surface area contributed by atoms with Gasteiger partial charge in [0.05, 0.1) is 19.1 Å². The van der Waals surface area contributed by atoms with E-state index in [0.29, 0.717) is 5.56 Å². The molecule has 0 aromatic heterocycles. The Balaban J connectivity index is 0.000000216. The van der Waals surface area contributed by atoms with Gasteiger partial charge in [0.1, 0.15) is 5.75 Å². The molecule has 1 amide bonds. The maximum Gasteiger partial charge on any atom is 0.416 e. The van der Waals surface area contributed by atoms with Gasteiger partial charge in [-0.3, -0.25) is 4.79 Å². The van der Waals surface area contributed by atoms with Gasteiger partial charge in [0.2, 0.25) is 5.91 Å². The van der Waals surface area contributed by atoms with E-state index in [1.165, 1.54) is 63.0 Å². The number of methoxy groups -OCH3 is 1. The van der Waals surface area contributed by atoms with Crippen LogP contribution in [0.15, 0.2) is 48.5 Å². The fourth-order valence-corrected chi connectivity index (χ4v) is 3.32. The summed E-state index contributed by atoms with van der Waals surface area (Å²) in [6.45, 7) is 3.87.